The van der Waals surface area contributed by atoms with Crippen LogP contribution in [-0.2, 0) is 16.9 Å². The molecule has 2 aromatic heterocycles. The summed E-state index contributed by atoms with van der Waals surface area (Å²) in [5.41, 5.74) is 0.662. The Kier molecular flexibility index (Phi) is 6.22. The molecule has 0 atom stereocenters. The summed E-state index contributed by atoms with van der Waals surface area (Å²) in [5.74, 6) is -0.140. The zero-order chi connectivity index (χ0) is 22.9. The number of ketones is 1. The average Bonchev–Trinajstić information content (AvgIpc) is 3.50. The smallest absolute Gasteiger partial charge is 0.307 e. The van der Waals surface area contributed by atoms with Crippen LogP contribution in [0.4, 0.5) is 15.6 Å². The molecule has 1 aromatic carbocycles. The highest BCUT2D eigenvalue weighted by molar-refractivity contribution is 7.93. The fourth-order valence-electron chi connectivity index (χ4n) is 3.47. The number of rotatable bonds is 6. The largest absolute Gasteiger partial charge is 0.325 e. The number of sulfone groups is 1. The van der Waals surface area contributed by atoms with Crippen LogP contribution in [0.2, 0.25) is 5.02 Å². The fourth-order valence-corrected chi connectivity index (χ4v) is 5.98. The number of tetrazole rings is 1. The molecule has 0 spiro atoms. The van der Waals surface area contributed by atoms with Crippen molar-refractivity contribution in [3.05, 3.63) is 35.0 Å². The monoisotopic (exact) mass is 495 g/mol. The van der Waals surface area contributed by atoms with E-state index in [-0.39, 0.29) is 26.2 Å². The SMILES string of the molecule is Cn1nnnc1S(=O)(=O)c1cnc(NC(=O)Nc2ccc(Cl)cc2C(=O)C2CCCC2)s1. The van der Waals surface area contributed by atoms with Gasteiger partial charge in [-0.3, -0.25) is 10.1 Å². The van der Waals surface area contributed by atoms with Gasteiger partial charge in [-0.25, -0.2) is 22.9 Å². The molecule has 4 rings (SSSR count). The Labute approximate surface area is 192 Å². The van der Waals surface area contributed by atoms with Crippen LogP contribution in [-0.4, -0.2) is 45.4 Å². The topological polar surface area (TPSA) is 149 Å². The number of thiazole rings is 1. The van der Waals surface area contributed by atoms with E-state index in [2.05, 4.69) is 31.1 Å². The third-order valence-electron chi connectivity index (χ3n) is 5.01. The molecule has 0 bridgehead atoms. The summed E-state index contributed by atoms with van der Waals surface area (Å²) >= 11 is 6.82. The van der Waals surface area contributed by atoms with E-state index in [1.807, 2.05) is 0 Å². The van der Waals surface area contributed by atoms with E-state index in [0.29, 0.717) is 16.3 Å². The van der Waals surface area contributed by atoms with Crippen molar-refractivity contribution in [2.45, 2.75) is 35.0 Å². The first-order valence-electron chi connectivity index (χ1n) is 9.61. The van der Waals surface area contributed by atoms with Crippen molar-refractivity contribution in [3.63, 3.8) is 0 Å². The lowest BCUT2D eigenvalue weighted by atomic mass is 9.95. The summed E-state index contributed by atoms with van der Waals surface area (Å²) in [5, 5.41) is 15.6. The van der Waals surface area contributed by atoms with Crippen molar-refractivity contribution in [1.29, 1.82) is 0 Å². The van der Waals surface area contributed by atoms with Crippen LogP contribution in [0.15, 0.2) is 33.8 Å². The van der Waals surface area contributed by atoms with Gasteiger partial charge in [-0.05, 0) is 41.5 Å². The summed E-state index contributed by atoms with van der Waals surface area (Å²) in [6.07, 6.45) is 4.74. The first-order valence-corrected chi connectivity index (χ1v) is 12.3. The number of benzene rings is 1. The van der Waals surface area contributed by atoms with Crippen molar-refractivity contribution >= 4 is 55.4 Å². The van der Waals surface area contributed by atoms with Crippen molar-refractivity contribution in [2.75, 3.05) is 10.6 Å². The van der Waals surface area contributed by atoms with Crippen molar-refractivity contribution < 1.29 is 18.0 Å². The quantitative estimate of drug-likeness (QED) is 0.495. The number of halogens is 1. The van der Waals surface area contributed by atoms with Gasteiger partial charge in [-0.2, -0.15) is 0 Å². The maximum absolute atomic E-state index is 12.9. The molecule has 3 aromatic rings. The van der Waals surface area contributed by atoms with E-state index in [1.165, 1.54) is 7.05 Å². The molecular formula is C18H18ClN7O4S2. The molecule has 1 aliphatic carbocycles. The zero-order valence-corrected chi connectivity index (χ0v) is 19.2. The van der Waals surface area contributed by atoms with Crippen molar-refractivity contribution in [3.8, 4) is 0 Å². The predicted molar refractivity (Wildman–Crippen MR) is 117 cm³/mol. The molecule has 0 aliphatic heterocycles. The molecule has 2 heterocycles. The number of aryl methyl sites for hydroxylation is 1. The molecule has 0 saturated heterocycles. The number of urea groups is 1. The van der Waals surface area contributed by atoms with Gasteiger partial charge in [0.25, 0.3) is 15.0 Å². The van der Waals surface area contributed by atoms with Gasteiger partial charge in [0.2, 0.25) is 0 Å². The predicted octanol–water partition coefficient (Wildman–Crippen LogP) is 3.17. The number of anilines is 2. The third kappa shape index (κ3) is 4.49. The number of amides is 2. The highest BCUT2D eigenvalue weighted by atomic mass is 35.5. The maximum atomic E-state index is 12.9. The van der Waals surface area contributed by atoms with Gasteiger partial charge in [0.05, 0.1) is 11.9 Å². The number of aromatic nitrogens is 5. The van der Waals surface area contributed by atoms with Crippen molar-refractivity contribution in [1.82, 2.24) is 25.2 Å². The summed E-state index contributed by atoms with van der Waals surface area (Å²) < 4.78 is 26.1. The fraction of sp³-hybridized carbons (Fsp3) is 0.333. The number of Topliss-reactive ketones (excluding diaryl/α,β-unsaturated/α-hetero) is 1. The van der Waals surface area contributed by atoms with E-state index in [9.17, 15) is 18.0 Å². The minimum Gasteiger partial charge on any atom is -0.307 e. The van der Waals surface area contributed by atoms with E-state index in [4.69, 9.17) is 11.6 Å². The Morgan fingerprint density at radius 2 is 1.97 bits per heavy atom. The van der Waals surface area contributed by atoms with Gasteiger partial charge in [-0.1, -0.05) is 40.9 Å². The lowest BCUT2D eigenvalue weighted by molar-refractivity contribution is 0.0923. The van der Waals surface area contributed by atoms with Crippen LogP contribution < -0.4 is 10.6 Å². The summed E-state index contributed by atoms with van der Waals surface area (Å²) in [6, 6.07) is 4.00. The average molecular weight is 496 g/mol. The van der Waals surface area contributed by atoms with E-state index >= 15 is 0 Å². The molecule has 1 aliphatic rings. The normalized spacial score (nSPS) is 14.4. The Balaban J connectivity index is 1.50. The van der Waals surface area contributed by atoms with Gasteiger partial charge in [0.1, 0.15) is 4.21 Å². The summed E-state index contributed by atoms with van der Waals surface area (Å²) in [7, 11) is -2.58. The van der Waals surface area contributed by atoms with Crippen LogP contribution in [0, 0.1) is 5.92 Å². The second-order valence-electron chi connectivity index (χ2n) is 7.19. The number of nitrogens with one attached hydrogen (secondary N) is 2. The first kappa shape index (κ1) is 22.3. The van der Waals surface area contributed by atoms with Crippen LogP contribution in [0.3, 0.4) is 0 Å². The molecule has 1 fully saturated rings. The molecule has 11 nitrogen and oxygen atoms in total. The summed E-state index contributed by atoms with van der Waals surface area (Å²) in [4.78, 5) is 29.3. The Morgan fingerprint density at radius 3 is 2.66 bits per heavy atom. The molecule has 32 heavy (non-hydrogen) atoms. The standard InChI is InChI=1S/C18H18ClN7O4S2/c1-26-18(23-24-25-26)32(29,30)14-9-20-17(31-14)22-16(28)21-13-7-6-11(19)8-12(13)15(27)10-4-2-3-5-10/h6-10H,2-5H2,1H3,(H2,20,21,22,28). The number of hydrogen-bond acceptors (Lipinski definition) is 9. The van der Waals surface area contributed by atoms with E-state index < -0.39 is 15.9 Å². The highest BCUT2D eigenvalue weighted by Crippen LogP contribution is 2.32. The molecule has 0 radical (unpaired) electrons. The highest BCUT2D eigenvalue weighted by Gasteiger charge is 2.28. The van der Waals surface area contributed by atoms with E-state index in [0.717, 1.165) is 47.9 Å². The Morgan fingerprint density at radius 1 is 1.22 bits per heavy atom. The van der Waals surface area contributed by atoms with E-state index in [1.54, 1.807) is 18.2 Å². The molecule has 2 amide bonds. The van der Waals surface area contributed by atoms with Crippen LogP contribution in [0.1, 0.15) is 36.0 Å². The van der Waals surface area contributed by atoms with Crippen LogP contribution >= 0.6 is 22.9 Å². The maximum Gasteiger partial charge on any atom is 0.325 e. The number of carbonyl (C=O) groups excluding carboxylic acids is 2. The Bertz CT molecular complexity index is 1280. The zero-order valence-electron chi connectivity index (χ0n) is 16.8. The lowest BCUT2D eigenvalue weighted by Gasteiger charge is -2.14. The number of carbonyl (C=O) groups is 2. The minimum atomic E-state index is -3.98. The molecule has 168 valence electrons. The van der Waals surface area contributed by atoms with Gasteiger partial charge in [0, 0.05) is 23.6 Å². The molecule has 1 saturated carbocycles. The first-order chi connectivity index (χ1) is 15.3. The lowest BCUT2D eigenvalue weighted by Crippen LogP contribution is -2.22. The Hall–Kier alpha value is -2.90. The second kappa shape index (κ2) is 8.92. The third-order valence-corrected chi connectivity index (χ3v) is 8.33. The number of nitrogens with zero attached hydrogens (tertiary/aromatic N) is 5. The van der Waals surface area contributed by atoms with Gasteiger partial charge >= 0.3 is 6.03 Å². The molecular weight excluding hydrogens is 478 g/mol. The molecule has 14 heteroatoms. The second-order valence-corrected chi connectivity index (χ2v) is 10.7. The minimum absolute atomic E-state index is 0.0498. The summed E-state index contributed by atoms with van der Waals surface area (Å²) in [6.45, 7) is 0. The van der Waals surface area contributed by atoms with Gasteiger partial charge in [0.15, 0.2) is 10.9 Å². The van der Waals surface area contributed by atoms with Gasteiger partial charge < -0.3 is 5.32 Å². The molecule has 0 unspecified atom stereocenters. The number of hydrogen-bond donors (Lipinski definition) is 2. The molecule has 2 N–H and O–H groups in total. The van der Waals surface area contributed by atoms with Crippen LogP contribution in [0.5, 0.6) is 0 Å². The van der Waals surface area contributed by atoms with Crippen molar-refractivity contribution in [2.24, 2.45) is 13.0 Å². The van der Waals surface area contributed by atoms with Gasteiger partial charge in [-0.15, -0.1) is 0 Å². The van der Waals surface area contributed by atoms with Crippen LogP contribution in [0.25, 0.3) is 0 Å².